The summed E-state index contributed by atoms with van der Waals surface area (Å²) < 4.78 is 0. The van der Waals surface area contributed by atoms with E-state index in [2.05, 4.69) is 10.6 Å². The molecule has 3 amide bonds. The van der Waals surface area contributed by atoms with E-state index in [1.54, 1.807) is 18.2 Å². The largest absolute Gasteiger partial charge is 0.361 e. The van der Waals surface area contributed by atoms with Crippen LogP contribution in [0, 0.1) is 0 Å². The lowest BCUT2D eigenvalue weighted by molar-refractivity contribution is -0.134. The molecule has 0 aromatic heterocycles. The molecule has 1 aromatic rings. The van der Waals surface area contributed by atoms with Crippen molar-refractivity contribution in [1.82, 2.24) is 0 Å². The highest BCUT2D eigenvalue weighted by Gasteiger charge is 2.08. The van der Waals surface area contributed by atoms with Crippen molar-refractivity contribution in [2.45, 2.75) is 6.92 Å². The van der Waals surface area contributed by atoms with Crippen molar-refractivity contribution in [1.29, 1.82) is 0 Å². The second-order valence-corrected chi connectivity index (χ2v) is 3.08. The lowest BCUT2D eigenvalue weighted by Gasteiger charge is -2.05. The Morgan fingerprint density at radius 1 is 1.12 bits per heavy atom. The first-order valence-electron chi connectivity index (χ1n) is 4.47. The van der Waals surface area contributed by atoms with Crippen molar-refractivity contribution in [3.63, 3.8) is 0 Å². The van der Waals surface area contributed by atoms with Crippen LogP contribution in [-0.4, -0.2) is 17.7 Å². The van der Waals surface area contributed by atoms with Gasteiger partial charge in [-0.2, -0.15) is 0 Å². The summed E-state index contributed by atoms with van der Waals surface area (Å²) in [4.78, 5) is 32.3. The number of anilines is 2. The Labute approximate surface area is 91.8 Å². The van der Waals surface area contributed by atoms with E-state index in [0.717, 1.165) is 0 Å². The molecule has 0 atom stereocenters. The molecule has 84 valence electrons. The molecule has 6 nitrogen and oxygen atoms in total. The zero-order valence-electron chi connectivity index (χ0n) is 8.61. The molecule has 1 rings (SSSR count). The number of primary amides is 1. The number of benzene rings is 1. The number of carbonyl (C=O) groups is 3. The zero-order chi connectivity index (χ0) is 12.1. The topological polar surface area (TPSA) is 101 Å². The Morgan fingerprint density at radius 2 is 1.69 bits per heavy atom. The van der Waals surface area contributed by atoms with Crippen molar-refractivity contribution in [3.8, 4) is 0 Å². The van der Waals surface area contributed by atoms with Crippen LogP contribution in [0.15, 0.2) is 24.3 Å². The maximum atomic E-state index is 11.0. The summed E-state index contributed by atoms with van der Waals surface area (Å²) in [5.74, 6) is -2.19. The van der Waals surface area contributed by atoms with Crippen LogP contribution in [0.3, 0.4) is 0 Å². The summed E-state index contributed by atoms with van der Waals surface area (Å²) >= 11 is 0. The van der Waals surface area contributed by atoms with E-state index in [1.165, 1.54) is 13.0 Å². The Kier molecular flexibility index (Phi) is 3.60. The number of hydrogen-bond donors (Lipinski definition) is 3. The van der Waals surface area contributed by atoms with E-state index in [0.29, 0.717) is 11.4 Å². The molecular weight excluding hydrogens is 210 g/mol. The van der Waals surface area contributed by atoms with E-state index in [-0.39, 0.29) is 5.91 Å². The predicted molar refractivity (Wildman–Crippen MR) is 58.6 cm³/mol. The summed E-state index contributed by atoms with van der Waals surface area (Å²) in [5, 5.41) is 4.83. The molecule has 0 saturated heterocycles. The van der Waals surface area contributed by atoms with Gasteiger partial charge in [-0.1, -0.05) is 6.07 Å². The SMILES string of the molecule is CC(=O)Nc1cccc(NC(=O)C(N)=O)c1. The molecule has 0 fully saturated rings. The molecule has 4 N–H and O–H groups in total. The van der Waals surface area contributed by atoms with Gasteiger partial charge < -0.3 is 16.4 Å². The van der Waals surface area contributed by atoms with Crippen LogP contribution in [0.25, 0.3) is 0 Å². The molecule has 0 saturated carbocycles. The monoisotopic (exact) mass is 221 g/mol. The maximum absolute atomic E-state index is 11.0. The molecule has 6 heteroatoms. The Bertz CT molecular complexity index is 443. The molecule has 0 aliphatic carbocycles. The first kappa shape index (κ1) is 11.7. The molecule has 0 heterocycles. The van der Waals surface area contributed by atoms with Crippen LogP contribution in [0.5, 0.6) is 0 Å². The van der Waals surface area contributed by atoms with Crippen molar-refractivity contribution in [3.05, 3.63) is 24.3 Å². The lowest BCUT2D eigenvalue weighted by Crippen LogP contribution is -2.29. The summed E-state index contributed by atoms with van der Waals surface area (Å²) in [6.07, 6.45) is 0. The van der Waals surface area contributed by atoms with Gasteiger partial charge in [0.15, 0.2) is 0 Å². The second-order valence-electron chi connectivity index (χ2n) is 3.08. The number of carbonyl (C=O) groups excluding carboxylic acids is 3. The summed E-state index contributed by atoms with van der Waals surface area (Å²) in [6.45, 7) is 1.37. The zero-order valence-corrected chi connectivity index (χ0v) is 8.61. The highest BCUT2D eigenvalue weighted by Crippen LogP contribution is 2.14. The molecular formula is C10H11N3O3. The van der Waals surface area contributed by atoms with E-state index in [9.17, 15) is 14.4 Å². The second kappa shape index (κ2) is 4.92. The third-order valence-corrected chi connectivity index (χ3v) is 1.66. The molecule has 0 aliphatic rings. The van der Waals surface area contributed by atoms with Gasteiger partial charge in [0.25, 0.3) is 0 Å². The molecule has 0 radical (unpaired) electrons. The quantitative estimate of drug-likeness (QED) is 0.616. The molecule has 0 aliphatic heterocycles. The minimum atomic E-state index is -1.06. The van der Waals surface area contributed by atoms with Crippen molar-refractivity contribution < 1.29 is 14.4 Å². The molecule has 0 bridgehead atoms. The van der Waals surface area contributed by atoms with Crippen molar-refractivity contribution >= 4 is 29.1 Å². The van der Waals surface area contributed by atoms with E-state index in [1.807, 2.05) is 0 Å². The minimum absolute atomic E-state index is 0.224. The van der Waals surface area contributed by atoms with Gasteiger partial charge in [-0.3, -0.25) is 14.4 Å². The average Bonchev–Trinajstić information content (AvgIpc) is 2.16. The smallest absolute Gasteiger partial charge is 0.313 e. The number of nitrogens with two attached hydrogens (primary N) is 1. The van der Waals surface area contributed by atoms with Gasteiger partial charge in [-0.25, -0.2) is 0 Å². The average molecular weight is 221 g/mol. The highest BCUT2D eigenvalue weighted by atomic mass is 16.2. The van der Waals surface area contributed by atoms with Crippen LogP contribution in [0.2, 0.25) is 0 Å². The first-order chi connectivity index (χ1) is 7.49. The van der Waals surface area contributed by atoms with Crippen LogP contribution in [0.4, 0.5) is 11.4 Å². The minimum Gasteiger partial charge on any atom is -0.361 e. The first-order valence-corrected chi connectivity index (χ1v) is 4.47. The molecule has 1 aromatic carbocycles. The lowest BCUT2D eigenvalue weighted by atomic mass is 10.2. The number of nitrogens with one attached hydrogen (secondary N) is 2. The normalized spacial score (nSPS) is 9.31. The van der Waals surface area contributed by atoms with E-state index in [4.69, 9.17) is 5.73 Å². The van der Waals surface area contributed by atoms with E-state index < -0.39 is 11.8 Å². The summed E-state index contributed by atoms with van der Waals surface area (Å²) in [6, 6.07) is 6.37. The number of rotatable bonds is 2. The van der Waals surface area contributed by atoms with Crippen molar-refractivity contribution in [2.75, 3.05) is 10.6 Å². The standard InChI is InChI=1S/C10H11N3O3/c1-6(14)12-7-3-2-4-8(5-7)13-10(16)9(11)15/h2-5H,1H3,(H2,11,15)(H,12,14)(H,13,16). The van der Waals surface area contributed by atoms with Crippen LogP contribution < -0.4 is 16.4 Å². The predicted octanol–water partition coefficient (Wildman–Crippen LogP) is 0.0688. The number of amides is 3. The molecule has 0 spiro atoms. The van der Waals surface area contributed by atoms with Gasteiger partial charge in [0.1, 0.15) is 0 Å². The van der Waals surface area contributed by atoms with Gasteiger partial charge in [-0.05, 0) is 18.2 Å². The van der Waals surface area contributed by atoms with Crippen LogP contribution in [-0.2, 0) is 14.4 Å². The van der Waals surface area contributed by atoms with Gasteiger partial charge in [0.2, 0.25) is 5.91 Å². The Hall–Kier alpha value is -2.37. The van der Waals surface area contributed by atoms with Crippen molar-refractivity contribution in [2.24, 2.45) is 5.73 Å². The summed E-state index contributed by atoms with van der Waals surface area (Å²) in [7, 11) is 0. The Morgan fingerprint density at radius 3 is 2.19 bits per heavy atom. The fraction of sp³-hybridized carbons (Fsp3) is 0.100. The van der Waals surface area contributed by atoms with Crippen LogP contribution in [0.1, 0.15) is 6.92 Å². The molecule has 0 unspecified atom stereocenters. The number of hydrogen-bond acceptors (Lipinski definition) is 3. The van der Waals surface area contributed by atoms with Gasteiger partial charge >= 0.3 is 11.8 Å². The van der Waals surface area contributed by atoms with Gasteiger partial charge in [0, 0.05) is 18.3 Å². The van der Waals surface area contributed by atoms with E-state index >= 15 is 0 Å². The third-order valence-electron chi connectivity index (χ3n) is 1.66. The van der Waals surface area contributed by atoms with Gasteiger partial charge in [0.05, 0.1) is 0 Å². The highest BCUT2D eigenvalue weighted by molar-refractivity contribution is 6.39. The Balaban J connectivity index is 2.78. The fourth-order valence-electron chi connectivity index (χ4n) is 1.07. The van der Waals surface area contributed by atoms with Gasteiger partial charge in [-0.15, -0.1) is 0 Å². The fourth-order valence-corrected chi connectivity index (χ4v) is 1.07. The molecule has 16 heavy (non-hydrogen) atoms. The maximum Gasteiger partial charge on any atom is 0.313 e. The summed E-state index contributed by atoms with van der Waals surface area (Å²) in [5.41, 5.74) is 5.69. The van der Waals surface area contributed by atoms with Crippen LogP contribution >= 0.6 is 0 Å². The third kappa shape index (κ3) is 3.41.